The molecule has 2 aromatic rings. The lowest BCUT2D eigenvalue weighted by Crippen LogP contribution is -2.10. The molecular weight excluding hydrogens is 270 g/mol. The molecule has 0 bridgehead atoms. The number of hydrogen-bond acceptors (Lipinski definition) is 2. The van der Waals surface area contributed by atoms with Crippen molar-refractivity contribution in [2.45, 2.75) is 33.2 Å². The first-order valence-corrected chi connectivity index (χ1v) is 7.21. The molecule has 0 saturated heterocycles. The molecule has 0 radical (unpaired) electrons. The largest absolute Gasteiger partial charge is 0.508 e. The van der Waals surface area contributed by atoms with Crippen molar-refractivity contribution in [3.8, 4) is 5.75 Å². The molecule has 106 valence electrons. The molecule has 0 aliphatic heterocycles. The molecule has 0 fully saturated rings. The zero-order chi connectivity index (χ0) is 14.7. The predicted octanol–water partition coefficient (Wildman–Crippen LogP) is 5.23. The topological polar surface area (TPSA) is 32.3 Å². The van der Waals surface area contributed by atoms with Crippen molar-refractivity contribution in [3.63, 3.8) is 0 Å². The second-order valence-electron chi connectivity index (χ2n) is 5.11. The van der Waals surface area contributed by atoms with Gasteiger partial charge < -0.3 is 10.4 Å². The maximum atomic E-state index is 9.72. The molecule has 2 aromatic carbocycles. The highest BCUT2D eigenvalue weighted by Crippen LogP contribution is 2.29. The van der Waals surface area contributed by atoms with Crippen molar-refractivity contribution in [2.24, 2.45) is 0 Å². The summed E-state index contributed by atoms with van der Waals surface area (Å²) in [5.74, 6) is 0.340. The number of aryl methyl sites for hydroxylation is 2. The summed E-state index contributed by atoms with van der Waals surface area (Å²) >= 11 is 5.93. The first-order chi connectivity index (χ1) is 9.51. The molecular formula is C17H20ClNO. The quantitative estimate of drug-likeness (QED) is 0.756. The van der Waals surface area contributed by atoms with Crippen LogP contribution in [0.1, 0.15) is 36.1 Å². The summed E-state index contributed by atoms with van der Waals surface area (Å²) in [6.07, 6.45) is 0.973. The van der Waals surface area contributed by atoms with Crippen LogP contribution in [0.4, 0.5) is 5.69 Å². The van der Waals surface area contributed by atoms with E-state index in [1.54, 1.807) is 6.07 Å². The Labute approximate surface area is 125 Å². The molecule has 2 N–H and O–H groups in total. The number of phenols is 1. The van der Waals surface area contributed by atoms with E-state index in [0.29, 0.717) is 5.75 Å². The average Bonchev–Trinajstić information content (AvgIpc) is 2.42. The smallest absolute Gasteiger partial charge is 0.118 e. The van der Waals surface area contributed by atoms with Gasteiger partial charge in [0.25, 0.3) is 0 Å². The lowest BCUT2D eigenvalue weighted by Gasteiger charge is -2.21. The van der Waals surface area contributed by atoms with Crippen molar-refractivity contribution in [1.82, 2.24) is 0 Å². The minimum absolute atomic E-state index is 0.231. The van der Waals surface area contributed by atoms with Crippen molar-refractivity contribution in [3.05, 3.63) is 58.1 Å². The van der Waals surface area contributed by atoms with Crippen LogP contribution >= 0.6 is 11.6 Å². The summed E-state index contributed by atoms with van der Waals surface area (Å²) in [6.45, 7) is 6.05. The van der Waals surface area contributed by atoms with Gasteiger partial charge in [0.2, 0.25) is 0 Å². The highest BCUT2D eigenvalue weighted by atomic mass is 35.5. The van der Waals surface area contributed by atoms with Crippen LogP contribution in [0, 0.1) is 13.8 Å². The van der Waals surface area contributed by atoms with Gasteiger partial charge in [-0.3, -0.25) is 0 Å². The molecule has 1 unspecified atom stereocenters. The molecule has 0 amide bonds. The summed E-state index contributed by atoms with van der Waals surface area (Å²) in [6, 6.07) is 11.9. The van der Waals surface area contributed by atoms with Gasteiger partial charge in [-0.25, -0.2) is 0 Å². The number of hydrogen-bond donors (Lipinski definition) is 2. The van der Waals surface area contributed by atoms with Crippen LogP contribution < -0.4 is 5.32 Å². The second kappa shape index (κ2) is 6.19. The van der Waals surface area contributed by atoms with Gasteiger partial charge in [-0.15, -0.1) is 0 Å². The predicted molar refractivity (Wildman–Crippen MR) is 85.7 cm³/mol. The molecule has 20 heavy (non-hydrogen) atoms. The van der Waals surface area contributed by atoms with Gasteiger partial charge in [-0.1, -0.05) is 30.7 Å². The molecule has 1 atom stereocenters. The maximum absolute atomic E-state index is 9.72. The van der Waals surface area contributed by atoms with Gasteiger partial charge in [0, 0.05) is 10.7 Å². The number of rotatable bonds is 4. The zero-order valence-corrected chi connectivity index (χ0v) is 12.8. The fourth-order valence-electron chi connectivity index (χ4n) is 2.26. The summed E-state index contributed by atoms with van der Waals surface area (Å²) in [7, 11) is 0. The van der Waals surface area contributed by atoms with Crippen molar-refractivity contribution in [2.75, 3.05) is 5.32 Å². The number of benzene rings is 2. The first-order valence-electron chi connectivity index (χ1n) is 6.83. The fraction of sp³-hybridized carbons (Fsp3) is 0.294. The summed E-state index contributed by atoms with van der Waals surface area (Å²) in [5.41, 5.74) is 4.19. The van der Waals surface area contributed by atoms with Crippen molar-refractivity contribution < 1.29 is 5.11 Å². The van der Waals surface area contributed by atoms with Crippen molar-refractivity contribution >= 4 is 17.3 Å². The van der Waals surface area contributed by atoms with E-state index in [1.165, 1.54) is 5.56 Å². The Bertz CT molecular complexity index is 593. The third-order valence-electron chi connectivity index (χ3n) is 3.55. The number of nitrogens with one attached hydrogen (secondary N) is 1. The molecule has 0 aromatic heterocycles. The molecule has 0 aliphatic rings. The monoisotopic (exact) mass is 289 g/mol. The Kier molecular flexibility index (Phi) is 4.56. The van der Waals surface area contributed by atoms with Crippen LogP contribution in [0.2, 0.25) is 5.02 Å². The lowest BCUT2D eigenvalue weighted by molar-refractivity contribution is 0.470. The number of phenolic OH excluding ortho intramolecular Hbond substituents is 1. The van der Waals surface area contributed by atoms with Crippen molar-refractivity contribution in [1.29, 1.82) is 0 Å². The standard InChI is InChI=1S/C17H20ClNO/c1-4-15(13-5-7-14(18)8-6-13)19-16-9-12(3)17(20)10-11(16)2/h5-10,15,19-20H,4H2,1-3H3. The number of halogens is 1. The summed E-state index contributed by atoms with van der Waals surface area (Å²) < 4.78 is 0. The van der Waals surface area contributed by atoms with Crippen LogP contribution in [0.5, 0.6) is 5.75 Å². The highest BCUT2D eigenvalue weighted by molar-refractivity contribution is 6.30. The number of anilines is 1. The normalized spacial score (nSPS) is 12.2. The second-order valence-corrected chi connectivity index (χ2v) is 5.55. The number of aromatic hydroxyl groups is 1. The van der Waals surface area contributed by atoms with Crippen LogP contribution in [0.3, 0.4) is 0 Å². The van der Waals surface area contributed by atoms with Gasteiger partial charge in [0.15, 0.2) is 0 Å². The van der Waals surface area contributed by atoms with Crippen LogP contribution in [-0.2, 0) is 0 Å². The Morgan fingerprint density at radius 3 is 2.35 bits per heavy atom. The zero-order valence-electron chi connectivity index (χ0n) is 12.1. The molecule has 0 spiro atoms. The van der Waals surface area contributed by atoms with Gasteiger partial charge in [0.1, 0.15) is 5.75 Å². The van der Waals surface area contributed by atoms with E-state index in [1.807, 2.05) is 44.2 Å². The molecule has 0 aliphatic carbocycles. The maximum Gasteiger partial charge on any atom is 0.118 e. The highest BCUT2D eigenvalue weighted by Gasteiger charge is 2.11. The first kappa shape index (κ1) is 14.7. The Morgan fingerprint density at radius 1 is 1.10 bits per heavy atom. The third-order valence-corrected chi connectivity index (χ3v) is 3.81. The minimum atomic E-state index is 0.231. The van der Waals surface area contributed by atoms with Crippen LogP contribution in [0.15, 0.2) is 36.4 Å². The summed E-state index contributed by atoms with van der Waals surface area (Å²) in [5, 5.41) is 14.0. The van der Waals surface area contributed by atoms with Crippen LogP contribution in [-0.4, -0.2) is 5.11 Å². The van der Waals surface area contributed by atoms with Gasteiger partial charge in [-0.2, -0.15) is 0 Å². The third kappa shape index (κ3) is 3.26. The van der Waals surface area contributed by atoms with Gasteiger partial charge in [-0.05, 0) is 61.2 Å². The Balaban J connectivity index is 2.26. The van der Waals surface area contributed by atoms with E-state index >= 15 is 0 Å². The van der Waals surface area contributed by atoms with Crippen LogP contribution in [0.25, 0.3) is 0 Å². The minimum Gasteiger partial charge on any atom is -0.508 e. The Morgan fingerprint density at radius 2 is 1.75 bits per heavy atom. The Hall–Kier alpha value is -1.67. The SMILES string of the molecule is CCC(Nc1cc(C)c(O)cc1C)c1ccc(Cl)cc1. The molecule has 0 saturated carbocycles. The molecule has 2 rings (SSSR count). The van der Waals surface area contributed by atoms with E-state index in [-0.39, 0.29) is 6.04 Å². The van der Waals surface area contributed by atoms with E-state index in [2.05, 4.69) is 12.2 Å². The average molecular weight is 290 g/mol. The van der Waals surface area contributed by atoms with E-state index in [0.717, 1.165) is 28.3 Å². The molecule has 0 heterocycles. The lowest BCUT2D eigenvalue weighted by atomic mass is 10.0. The van der Waals surface area contributed by atoms with Gasteiger partial charge >= 0.3 is 0 Å². The summed E-state index contributed by atoms with van der Waals surface area (Å²) in [4.78, 5) is 0. The van der Waals surface area contributed by atoms with Gasteiger partial charge in [0.05, 0.1) is 6.04 Å². The van der Waals surface area contributed by atoms with E-state index in [4.69, 9.17) is 11.6 Å². The van der Waals surface area contributed by atoms with E-state index < -0.39 is 0 Å². The molecule has 3 heteroatoms. The fourth-order valence-corrected chi connectivity index (χ4v) is 2.39. The van der Waals surface area contributed by atoms with E-state index in [9.17, 15) is 5.11 Å². The molecule has 2 nitrogen and oxygen atoms in total.